The van der Waals surface area contributed by atoms with E-state index in [4.69, 9.17) is 11.5 Å². The zero-order chi connectivity index (χ0) is 70.4. The molecule has 0 atom stereocenters. The Morgan fingerprint density at radius 1 is 0.417 bits per heavy atom. The van der Waals surface area contributed by atoms with E-state index in [0.717, 1.165) is 45.5 Å². The van der Waals surface area contributed by atoms with E-state index < -0.39 is 39.5 Å². The monoisotopic (exact) mass is 1460 g/mol. The minimum atomic E-state index is -4.97. The first kappa shape index (κ1) is 77.0. The number of amides is 2. The van der Waals surface area contributed by atoms with Gasteiger partial charge in [0.2, 0.25) is 11.8 Å². The summed E-state index contributed by atoms with van der Waals surface area (Å²) in [7, 11) is -9.88. The Morgan fingerprint density at radius 2 is 0.786 bits per heavy atom. The maximum Gasteiger partial charge on any atom is 1.00 e. The third kappa shape index (κ3) is 18.1. The summed E-state index contributed by atoms with van der Waals surface area (Å²) >= 11 is 3.52. The summed E-state index contributed by atoms with van der Waals surface area (Å²) in [6.07, 6.45) is 0.00728. The maximum absolute atomic E-state index is 14.5. The third-order valence-corrected chi connectivity index (χ3v) is 22.3. The number of nitrogen functional groups attached to an aromatic ring is 2. The molecule has 0 saturated heterocycles. The second kappa shape index (κ2) is 35.2. The van der Waals surface area contributed by atoms with Crippen LogP contribution < -0.4 is 81.2 Å². The molecule has 17 nitrogen and oxygen atoms in total. The van der Waals surface area contributed by atoms with Crippen LogP contribution in [0.5, 0.6) is 0 Å². The molecule has 12 aromatic rings. The molecule has 508 valence electrons. The van der Waals surface area contributed by atoms with Crippen molar-refractivity contribution in [1.82, 2.24) is 15.5 Å². The SMILES string of the molecule is Nc1c(N=Nc2ccc(-c3ccc(N=Nc4cc(S(=O)(=O)[O-])c5ccccc5c4N)cc3CNC(=O)CCN(CCSC(c3ccccc3)(c3ccccc3)c3ccccc3)CC(=O)NCCSC(c3ccccc3)(c3ccccc3)c3ccccc3)cc2)cc(S(=O)(=O)[O-])c2ccccc12.[Na+].[Na+]. The van der Waals surface area contributed by atoms with E-state index in [1.807, 2.05) is 77.7 Å². The Labute approximate surface area is 652 Å². The standard InChI is InChI=1S/C80H71N9O8S4.2Na/c81-77-69-37-21-19-35-67(69)73(100(92,93)94)52-71(77)87-85-64-41-39-56(40-42-64)66-44-43-65(86-88-72-53-74(101(95,96)97)68-36-20-22-38-70(68)78(72)82)51-57(66)54-84-75(90)45-47-89(48-50-99-80(61-29-13-4-14-30-61,62-31-15-5-16-32-62)63-33-17-6-18-34-63)55-76(91)83-46-49-98-79(58-23-7-1-8-24-58,59-25-9-2-10-26-59)60-27-11-3-12-28-60;;/h1-44,51-53H,45-50,54-55,81-82H2,(H,83,91)(H,84,90)(H,92,93,94)(H,95,96,97);;/q;2*+1/p-2. The van der Waals surface area contributed by atoms with Crippen molar-refractivity contribution in [2.75, 3.05) is 49.2 Å². The minimum absolute atomic E-state index is 0. The molecule has 0 aliphatic rings. The molecule has 12 rings (SSSR count). The number of carbonyl (C=O) groups excluding carboxylic acids is 2. The predicted molar refractivity (Wildman–Crippen MR) is 402 cm³/mol. The van der Waals surface area contributed by atoms with Gasteiger partial charge in [-0.3, -0.25) is 14.5 Å². The number of nitrogens with zero attached hydrogens (tertiary/aromatic N) is 5. The summed E-state index contributed by atoms with van der Waals surface area (Å²) in [6, 6.07) is 89.4. The van der Waals surface area contributed by atoms with Crippen LogP contribution in [0.25, 0.3) is 32.7 Å². The van der Waals surface area contributed by atoms with E-state index in [0.29, 0.717) is 63.4 Å². The molecule has 0 saturated carbocycles. The Balaban J connectivity index is 0.00000570. The van der Waals surface area contributed by atoms with Gasteiger partial charge >= 0.3 is 59.1 Å². The van der Waals surface area contributed by atoms with Crippen LogP contribution in [-0.4, -0.2) is 80.3 Å². The van der Waals surface area contributed by atoms with Crippen molar-refractivity contribution in [2.24, 2.45) is 20.5 Å². The van der Waals surface area contributed by atoms with Crippen LogP contribution in [0.2, 0.25) is 0 Å². The number of benzene rings is 12. The molecule has 0 heterocycles. The van der Waals surface area contributed by atoms with Gasteiger partial charge < -0.3 is 31.2 Å². The van der Waals surface area contributed by atoms with E-state index in [2.05, 4.69) is 140 Å². The number of carbonyl (C=O) groups is 2. The molecule has 0 aliphatic carbocycles. The molecule has 0 fully saturated rings. The van der Waals surface area contributed by atoms with Gasteiger partial charge in [0, 0.05) is 65.7 Å². The molecule has 23 heteroatoms. The van der Waals surface area contributed by atoms with Gasteiger partial charge in [-0.15, -0.1) is 33.8 Å². The molecular formula is C80H69N9Na2O8S4. The molecule has 103 heavy (non-hydrogen) atoms. The number of nitrogens with two attached hydrogens (primary N) is 2. The van der Waals surface area contributed by atoms with Gasteiger partial charge in [0.1, 0.15) is 31.6 Å². The van der Waals surface area contributed by atoms with E-state index in [1.54, 1.807) is 102 Å². The van der Waals surface area contributed by atoms with Gasteiger partial charge in [-0.2, -0.15) is 10.2 Å². The largest absolute Gasteiger partial charge is 1.00 e. The summed E-state index contributed by atoms with van der Waals surface area (Å²) in [5, 5.41) is 24.8. The van der Waals surface area contributed by atoms with Gasteiger partial charge in [0.05, 0.1) is 48.6 Å². The first-order chi connectivity index (χ1) is 49.0. The van der Waals surface area contributed by atoms with E-state index in [9.17, 15) is 35.5 Å². The zero-order valence-electron chi connectivity index (χ0n) is 56.6. The molecule has 2 amide bonds. The maximum atomic E-state index is 14.5. The molecule has 0 aliphatic heterocycles. The van der Waals surface area contributed by atoms with Crippen LogP contribution in [0.1, 0.15) is 45.4 Å². The second-order valence-electron chi connectivity index (χ2n) is 23.8. The van der Waals surface area contributed by atoms with Gasteiger partial charge in [-0.05, 0) is 86.5 Å². The van der Waals surface area contributed by atoms with Crippen molar-refractivity contribution in [3.05, 3.63) is 324 Å². The van der Waals surface area contributed by atoms with E-state index in [-0.39, 0.29) is 131 Å². The number of azo groups is 2. The number of anilines is 2. The molecule has 6 N–H and O–H groups in total. The van der Waals surface area contributed by atoms with E-state index in [1.165, 1.54) is 12.1 Å². The van der Waals surface area contributed by atoms with Crippen molar-refractivity contribution in [2.45, 2.75) is 32.3 Å². The van der Waals surface area contributed by atoms with Crippen molar-refractivity contribution < 1.29 is 94.6 Å². The second-order valence-corrected chi connectivity index (χ2v) is 29.1. The molecule has 0 bridgehead atoms. The summed E-state index contributed by atoms with van der Waals surface area (Å²) < 4.78 is 73.4. The third-order valence-electron chi connectivity index (χ3n) is 17.5. The van der Waals surface area contributed by atoms with Crippen LogP contribution in [0.4, 0.5) is 34.1 Å². The first-order valence-corrected chi connectivity index (χ1v) is 37.3. The van der Waals surface area contributed by atoms with Crippen LogP contribution >= 0.6 is 23.5 Å². The van der Waals surface area contributed by atoms with Crippen molar-refractivity contribution in [3.8, 4) is 11.1 Å². The minimum Gasteiger partial charge on any atom is -0.744 e. The molecule has 0 unspecified atom stereocenters. The summed E-state index contributed by atoms with van der Waals surface area (Å²) in [6.45, 7) is 1.01. The quantitative estimate of drug-likeness (QED) is 0.00888. The predicted octanol–water partition coefficient (Wildman–Crippen LogP) is 10.3. The molecule has 0 aromatic heterocycles. The number of thioether (sulfide) groups is 2. The molecule has 12 aromatic carbocycles. The normalized spacial score (nSPS) is 12.0. The summed E-state index contributed by atoms with van der Waals surface area (Å²) in [5.74, 6) is 0.631. The Morgan fingerprint density at radius 3 is 1.19 bits per heavy atom. The van der Waals surface area contributed by atoms with Crippen LogP contribution in [0, 0.1) is 0 Å². The number of fused-ring (bicyclic) bond motifs is 2. The summed E-state index contributed by atoms with van der Waals surface area (Å²) in [5.41, 5.74) is 22.4. The summed E-state index contributed by atoms with van der Waals surface area (Å²) in [4.78, 5) is 30.0. The average Bonchev–Trinajstić information content (AvgIpc) is 0.759. The zero-order valence-corrected chi connectivity index (χ0v) is 63.8. The average molecular weight is 1460 g/mol. The number of hydrogen-bond donors (Lipinski definition) is 4. The Bertz CT molecular complexity index is 5030. The van der Waals surface area contributed by atoms with Gasteiger partial charge in [-0.25, -0.2) is 16.8 Å². The van der Waals surface area contributed by atoms with Gasteiger partial charge in [-0.1, -0.05) is 249 Å². The van der Waals surface area contributed by atoms with Crippen LogP contribution in [0.15, 0.2) is 315 Å². The smallest absolute Gasteiger partial charge is 0.744 e. The molecule has 0 radical (unpaired) electrons. The van der Waals surface area contributed by atoms with Crippen LogP contribution in [-0.2, 0) is 45.9 Å². The number of nitrogens with one attached hydrogen (secondary N) is 2. The fourth-order valence-corrected chi connectivity index (χ4v) is 17.0. The topological polar surface area (TPSA) is 277 Å². The Kier molecular flexibility index (Phi) is 26.3. The molecular weight excluding hydrogens is 1390 g/mol. The van der Waals surface area contributed by atoms with Crippen LogP contribution in [0.3, 0.4) is 0 Å². The first-order valence-electron chi connectivity index (χ1n) is 32.5. The number of hydrogen-bond acceptors (Lipinski definition) is 17. The fraction of sp³-hybridized carbons (Fsp3) is 0.125. The van der Waals surface area contributed by atoms with Gasteiger partial charge in [0.25, 0.3) is 0 Å². The van der Waals surface area contributed by atoms with Crippen molar-refractivity contribution in [1.29, 1.82) is 0 Å². The fourth-order valence-electron chi connectivity index (χ4n) is 12.6. The van der Waals surface area contributed by atoms with Crippen molar-refractivity contribution in [3.63, 3.8) is 0 Å². The molecule has 0 spiro atoms. The number of rotatable bonds is 28. The van der Waals surface area contributed by atoms with Gasteiger partial charge in [0.15, 0.2) is 0 Å². The van der Waals surface area contributed by atoms with Crippen molar-refractivity contribution >= 4 is 111 Å². The van der Waals surface area contributed by atoms with E-state index >= 15 is 0 Å². The Hall–Kier alpha value is -8.62.